The highest BCUT2D eigenvalue weighted by Crippen LogP contribution is 2.23. The summed E-state index contributed by atoms with van der Waals surface area (Å²) in [5, 5.41) is 3.47. The number of rotatable bonds is 4. The molecule has 0 spiro atoms. The third-order valence-electron chi connectivity index (χ3n) is 5.27. The third kappa shape index (κ3) is 4.61. The molecule has 1 aromatic heterocycles. The monoisotopic (exact) mass is 367 g/mol. The molecule has 0 unspecified atom stereocenters. The molecule has 0 bridgehead atoms. The molecule has 2 aliphatic heterocycles. The topological polar surface area (TPSA) is 78.4 Å². The fourth-order valence-corrected chi connectivity index (χ4v) is 5.26. The van der Waals surface area contributed by atoms with E-state index in [-0.39, 0.29) is 0 Å². The number of piperidine rings is 1. The number of sulfone groups is 1. The van der Waals surface area contributed by atoms with Crippen LogP contribution in [-0.2, 0) is 9.84 Å². The molecule has 2 fully saturated rings. The zero-order chi connectivity index (χ0) is 18.0. The molecular formula is C17H29N5O2S. The lowest BCUT2D eigenvalue weighted by Gasteiger charge is -2.39. The number of aromatic nitrogens is 2. The Morgan fingerprint density at radius 2 is 1.80 bits per heavy atom. The second-order valence-corrected chi connectivity index (χ2v) is 9.74. The van der Waals surface area contributed by atoms with E-state index in [1.165, 1.54) is 0 Å². The van der Waals surface area contributed by atoms with Crippen molar-refractivity contribution in [2.75, 3.05) is 48.9 Å². The first-order chi connectivity index (χ1) is 11.8. The first-order valence-corrected chi connectivity index (χ1v) is 10.9. The van der Waals surface area contributed by atoms with Crippen molar-refractivity contribution in [1.82, 2.24) is 14.9 Å². The van der Waals surface area contributed by atoms with Crippen molar-refractivity contribution < 1.29 is 8.42 Å². The molecule has 8 heteroatoms. The summed E-state index contributed by atoms with van der Waals surface area (Å²) in [6.45, 7) is 4.03. The molecule has 1 N–H and O–H groups in total. The standard InChI is InChI=1S/C17H29N5O2S/c1-13-12-18-17(20-16(13)21(2)3)19-14-4-8-22(9-5-14)15-6-10-25(23,24)11-7-15/h12,14-15H,4-11H2,1-3H3,(H,18,19,20). The van der Waals surface area contributed by atoms with E-state index < -0.39 is 9.84 Å². The van der Waals surface area contributed by atoms with Crippen LogP contribution in [0.4, 0.5) is 11.8 Å². The number of hydrogen-bond acceptors (Lipinski definition) is 7. The molecule has 25 heavy (non-hydrogen) atoms. The summed E-state index contributed by atoms with van der Waals surface area (Å²) >= 11 is 0. The minimum absolute atomic E-state index is 0.348. The Labute approximate surface area is 150 Å². The average molecular weight is 368 g/mol. The number of likely N-dealkylation sites (tertiary alicyclic amines) is 1. The van der Waals surface area contributed by atoms with Crippen LogP contribution < -0.4 is 10.2 Å². The van der Waals surface area contributed by atoms with Gasteiger partial charge in [-0.05, 0) is 32.6 Å². The lowest BCUT2D eigenvalue weighted by molar-refractivity contribution is 0.147. The highest BCUT2D eigenvalue weighted by atomic mass is 32.2. The van der Waals surface area contributed by atoms with E-state index in [1.54, 1.807) is 0 Å². The van der Waals surface area contributed by atoms with Crippen molar-refractivity contribution in [3.63, 3.8) is 0 Å². The number of nitrogens with one attached hydrogen (secondary N) is 1. The van der Waals surface area contributed by atoms with Crippen molar-refractivity contribution in [2.45, 2.75) is 44.7 Å². The summed E-state index contributed by atoms with van der Waals surface area (Å²) < 4.78 is 23.2. The van der Waals surface area contributed by atoms with E-state index >= 15 is 0 Å². The van der Waals surface area contributed by atoms with Crippen molar-refractivity contribution in [1.29, 1.82) is 0 Å². The van der Waals surface area contributed by atoms with Crippen molar-refractivity contribution in [3.8, 4) is 0 Å². The normalized spacial score (nSPS) is 22.7. The summed E-state index contributed by atoms with van der Waals surface area (Å²) in [4.78, 5) is 13.5. The van der Waals surface area contributed by atoms with E-state index in [0.717, 1.165) is 50.2 Å². The first-order valence-electron chi connectivity index (χ1n) is 9.06. The van der Waals surface area contributed by atoms with Gasteiger partial charge in [-0.1, -0.05) is 0 Å². The fourth-order valence-electron chi connectivity index (χ4n) is 3.79. The molecule has 0 saturated carbocycles. The van der Waals surface area contributed by atoms with Gasteiger partial charge in [-0.2, -0.15) is 4.98 Å². The lowest BCUT2D eigenvalue weighted by Crippen LogP contribution is -2.47. The van der Waals surface area contributed by atoms with Gasteiger partial charge < -0.3 is 15.1 Å². The Morgan fingerprint density at radius 1 is 1.16 bits per heavy atom. The number of hydrogen-bond donors (Lipinski definition) is 1. The van der Waals surface area contributed by atoms with Crippen LogP contribution in [-0.4, -0.2) is 74.1 Å². The van der Waals surface area contributed by atoms with Crippen molar-refractivity contribution >= 4 is 21.6 Å². The molecule has 7 nitrogen and oxygen atoms in total. The Balaban J connectivity index is 1.52. The largest absolute Gasteiger partial charge is 0.362 e. The molecule has 2 aliphatic rings. The Bertz CT molecular complexity index is 685. The van der Waals surface area contributed by atoms with Gasteiger partial charge in [0.05, 0.1) is 11.5 Å². The second-order valence-electron chi connectivity index (χ2n) is 7.43. The average Bonchev–Trinajstić information content (AvgIpc) is 2.57. The first kappa shape index (κ1) is 18.4. The van der Waals surface area contributed by atoms with Gasteiger partial charge in [-0.3, -0.25) is 0 Å². The van der Waals surface area contributed by atoms with E-state index in [1.807, 2.05) is 32.1 Å². The molecule has 140 valence electrons. The number of nitrogens with zero attached hydrogens (tertiary/aromatic N) is 4. The summed E-state index contributed by atoms with van der Waals surface area (Å²) in [7, 11) is 1.20. The minimum Gasteiger partial charge on any atom is -0.362 e. The quantitative estimate of drug-likeness (QED) is 0.859. The van der Waals surface area contributed by atoms with Crippen LogP contribution in [0.25, 0.3) is 0 Å². The molecule has 3 rings (SSSR count). The second kappa shape index (κ2) is 7.45. The lowest BCUT2D eigenvalue weighted by atomic mass is 10.0. The maximum Gasteiger partial charge on any atom is 0.224 e. The molecule has 0 radical (unpaired) electrons. The maximum absolute atomic E-state index is 11.6. The predicted molar refractivity (Wildman–Crippen MR) is 101 cm³/mol. The molecular weight excluding hydrogens is 338 g/mol. The Hall–Kier alpha value is -1.41. The SMILES string of the molecule is Cc1cnc(NC2CCN(C3CCS(=O)(=O)CC3)CC2)nc1N(C)C. The number of anilines is 2. The minimum atomic E-state index is -2.78. The van der Waals surface area contributed by atoms with Crippen LogP contribution in [0.15, 0.2) is 6.20 Å². The molecule has 0 aromatic carbocycles. The third-order valence-corrected chi connectivity index (χ3v) is 6.99. The Kier molecular flexibility index (Phi) is 5.48. The van der Waals surface area contributed by atoms with E-state index in [2.05, 4.69) is 20.2 Å². The summed E-state index contributed by atoms with van der Waals surface area (Å²) in [6.07, 6.45) is 5.51. The van der Waals surface area contributed by atoms with Crippen molar-refractivity contribution in [3.05, 3.63) is 11.8 Å². The van der Waals surface area contributed by atoms with Gasteiger partial charge in [0, 0.05) is 51.0 Å². The number of aryl methyl sites for hydroxylation is 1. The predicted octanol–water partition coefficient (Wildman–Crippen LogP) is 1.30. The van der Waals surface area contributed by atoms with Gasteiger partial charge in [0.2, 0.25) is 5.95 Å². The van der Waals surface area contributed by atoms with Gasteiger partial charge in [0.1, 0.15) is 15.7 Å². The van der Waals surface area contributed by atoms with E-state index in [0.29, 0.717) is 29.5 Å². The fraction of sp³-hybridized carbons (Fsp3) is 0.765. The summed E-state index contributed by atoms with van der Waals surface area (Å²) in [5.41, 5.74) is 1.07. The van der Waals surface area contributed by atoms with Crippen LogP contribution in [0, 0.1) is 6.92 Å². The van der Waals surface area contributed by atoms with Crippen LogP contribution in [0.5, 0.6) is 0 Å². The van der Waals surface area contributed by atoms with Gasteiger partial charge in [0.25, 0.3) is 0 Å². The van der Waals surface area contributed by atoms with Crippen LogP contribution >= 0.6 is 0 Å². The molecule has 0 amide bonds. The van der Waals surface area contributed by atoms with Gasteiger partial charge in [-0.25, -0.2) is 13.4 Å². The highest BCUT2D eigenvalue weighted by Gasteiger charge is 2.30. The van der Waals surface area contributed by atoms with Crippen molar-refractivity contribution in [2.24, 2.45) is 0 Å². The highest BCUT2D eigenvalue weighted by molar-refractivity contribution is 7.91. The van der Waals surface area contributed by atoms with Gasteiger partial charge >= 0.3 is 0 Å². The molecule has 0 atom stereocenters. The van der Waals surface area contributed by atoms with E-state index in [4.69, 9.17) is 0 Å². The molecule has 2 saturated heterocycles. The van der Waals surface area contributed by atoms with Gasteiger partial charge in [0.15, 0.2) is 0 Å². The van der Waals surface area contributed by atoms with Crippen LogP contribution in [0.2, 0.25) is 0 Å². The van der Waals surface area contributed by atoms with E-state index in [9.17, 15) is 8.42 Å². The summed E-state index contributed by atoms with van der Waals surface area (Å²) in [6, 6.07) is 0.807. The van der Waals surface area contributed by atoms with Gasteiger partial charge in [-0.15, -0.1) is 0 Å². The zero-order valence-corrected chi connectivity index (χ0v) is 16.2. The van der Waals surface area contributed by atoms with Crippen LogP contribution in [0.1, 0.15) is 31.2 Å². The zero-order valence-electron chi connectivity index (χ0n) is 15.4. The molecule has 3 heterocycles. The smallest absolute Gasteiger partial charge is 0.224 e. The maximum atomic E-state index is 11.6. The Morgan fingerprint density at radius 3 is 2.40 bits per heavy atom. The summed E-state index contributed by atoms with van der Waals surface area (Å²) in [5.74, 6) is 2.33. The molecule has 1 aromatic rings. The van der Waals surface area contributed by atoms with Crippen LogP contribution in [0.3, 0.4) is 0 Å². The molecule has 0 aliphatic carbocycles.